The van der Waals surface area contributed by atoms with E-state index in [1.165, 1.54) is 13.0 Å². The molecule has 88 valence electrons. The van der Waals surface area contributed by atoms with Crippen molar-refractivity contribution < 1.29 is 0 Å². The second-order valence-corrected chi connectivity index (χ2v) is 4.35. The first-order valence-electron chi connectivity index (χ1n) is 5.93. The van der Waals surface area contributed by atoms with Crippen LogP contribution in [0.5, 0.6) is 0 Å². The summed E-state index contributed by atoms with van der Waals surface area (Å²) in [7, 11) is 2.16. The van der Waals surface area contributed by atoms with Crippen LogP contribution in [0.1, 0.15) is 13.3 Å². The minimum atomic E-state index is 0.571. The first-order chi connectivity index (χ1) is 7.78. The molecule has 2 rings (SSSR count). The van der Waals surface area contributed by atoms with E-state index in [9.17, 15) is 0 Å². The van der Waals surface area contributed by atoms with Crippen molar-refractivity contribution in [2.24, 2.45) is 0 Å². The third-order valence-electron chi connectivity index (χ3n) is 2.88. The molecule has 0 aliphatic carbocycles. The maximum absolute atomic E-state index is 4.26. The molecule has 0 bridgehead atoms. The van der Waals surface area contributed by atoms with Crippen LogP contribution >= 0.6 is 0 Å². The number of hydrogen-bond acceptors (Lipinski definition) is 4. The number of rotatable bonds is 4. The number of pyridine rings is 1. The van der Waals surface area contributed by atoms with Crippen LogP contribution < -0.4 is 10.6 Å². The number of nitrogens with one attached hydrogen (secondary N) is 2. The van der Waals surface area contributed by atoms with E-state index in [1.54, 1.807) is 0 Å². The molecule has 0 radical (unpaired) electrons. The molecule has 4 heteroatoms. The molecule has 1 fully saturated rings. The van der Waals surface area contributed by atoms with Gasteiger partial charge in [0.2, 0.25) is 0 Å². The Morgan fingerprint density at radius 3 is 3.12 bits per heavy atom. The normalized spacial score (nSPS) is 21.0. The molecule has 2 N–H and O–H groups in total. The van der Waals surface area contributed by atoms with Crippen molar-refractivity contribution in [3.8, 4) is 0 Å². The zero-order chi connectivity index (χ0) is 11.4. The SMILES string of the molecule is CCNc1cc(NC2CCN(C)C2)ccn1. The largest absolute Gasteiger partial charge is 0.381 e. The van der Waals surface area contributed by atoms with Crippen molar-refractivity contribution in [1.29, 1.82) is 0 Å². The van der Waals surface area contributed by atoms with Gasteiger partial charge in [0.15, 0.2) is 0 Å². The lowest BCUT2D eigenvalue weighted by Gasteiger charge is -2.14. The number of anilines is 2. The quantitative estimate of drug-likeness (QED) is 0.809. The van der Waals surface area contributed by atoms with Crippen molar-refractivity contribution in [3.05, 3.63) is 18.3 Å². The van der Waals surface area contributed by atoms with E-state index in [4.69, 9.17) is 0 Å². The van der Waals surface area contributed by atoms with Gasteiger partial charge >= 0.3 is 0 Å². The van der Waals surface area contributed by atoms with Gasteiger partial charge < -0.3 is 15.5 Å². The highest BCUT2D eigenvalue weighted by Crippen LogP contribution is 2.16. The summed E-state index contributed by atoms with van der Waals surface area (Å²) >= 11 is 0. The highest BCUT2D eigenvalue weighted by molar-refractivity contribution is 5.52. The van der Waals surface area contributed by atoms with Crippen molar-refractivity contribution in [3.63, 3.8) is 0 Å². The monoisotopic (exact) mass is 220 g/mol. The third-order valence-corrected chi connectivity index (χ3v) is 2.88. The standard InChI is InChI=1S/C12H20N4/c1-3-13-12-8-10(4-6-14-12)15-11-5-7-16(2)9-11/h4,6,8,11H,3,5,7,9H2,1-2H3,(H2,13,14,15). The third kappa shape index (κ3) is 2.85. The number of aromatic nitrogens is 1. The van der Waals surface area contributed by atoms with Crippen molar-refractivity contribution in [1.82, 2.24) is 9.88 Å². The zero-order valence-electron chi connectivity index (χ0n) is 10.0. The van der Waals surface area contributed by atoms with Gasteiger partial charge in [-0.2, -0.15) is 0 Å². The lowest BCUT2D eigenvalue weighted by molar-refractivity contribution is 0.414. The van der Waals surface area contributed by atoms with Crippen LogP contribution in [0.3, 0.4) is 0 Å². The summed E-state index contributed by atoms with van der Waals surface area (Å²) in [5.41, 5.74) is 1.16. The summed E-state index contributed by atoms with van der Waals surface area (Å²) in [5, 5.41) is 6.77. The van der Waals surface area contributed by atoms with Gasteiger partial charge in [0, 0.05) is 37.1 Å². The summed E-state index contributed by atoms with van der Waals surface area (Å²) in [6.07, 6.45) is 3.06. The number of likely N-dealkylation sites (tertiary alicyclic amines) is 1. The fourth-order valence-electron chi connectivity index (χ4n) is 2.09. The molecule has 2 heterocycles. The summed E-state index contributed by atoms with van der Waals surface area (Å²) in [6, 6.07) is 4.67. The first-order valence-corrected chi connectivity index (χ1v) is 5.93. The Labute approximate surface area is 97.1 Å². The average Bonchev–Trinajstić information content (AvgIpc) is 2.65. The molecule has 4 nitrogen and oxygen atoms in total. The second kappa shape index (κ2) is 5.16. The van der Waals surface area contributed by atoms with Gasteiger partial charge in [0.25, 0.3) is 0 Å². The molecule has 1 aromatic heterocycles. The zero-order valence-corrected chi connectivity index (χ0v) is 10.0. The molecule has 1 atom stereocenters. The highest BCUT2D eigenvalue weighted by atomic mass is 15.2. The van der Waals surface area contributed by atoms with E-state index in [0.717, 1.165) is 24.6 Å². The summed E-state index contributed by atoms with van der Waals surface area (Å²) < 4.78 is 0. The van der Waals surface area contributed by atoms with Gasteiger partial charge in [-0.05, 0) is 33.0 Å². The molecule has 1 saturated heterocycles. The van der Waals surface area contributed by atoms with Crippen LogP contribution in [0.15, 0.2) is 18.3 Å². The molecule has 1 aliphatic heterocycles. The Morgan fingerprint density at radius 1 is 1.56 bits per heavy atom. The fourth-order valence-corrected chi connectivity index (χ4v) is 2.09. The molecule has 0 aromatic carbocycles. The predicted molar refractivity (Wildman–Crippen MR) is 67.9 cm³/mol. The van der Waals surface area contributed by atoms with Gasteiger partial charge in [-0.1, -0.05) is 0 Å². The van der Waals surface area contributed by atoms with Gasteiger partial charge in [0.1, 0.15) is 5.82 Å². The first kappa shape index (κ1) is 11.2. The number of nitrogens with zero attached hydrogens (tertiary/aromatic N) is 2. The van der Waals surface area contributed by atoms with Gasteiger partial charge in [-0.15, -0.1) is 0 Å². The van der Waals surface area contributed by atoms with Crippen LogP contribution in [-0.2, 0) is 0 Å². The Hall–Kier alpha value is -1.29. The predicted octanol–water partition coefficient (Wildman–Crippen LogP) is 1.63. The van der Waals surface area contributed by atoms with Crippen LogP contribution in [-0.4, -0.2) is 42.6 Å². The van der Waals surface area contributed by atoms with Crippen LogP contribution in [0.2, 0.25) is 0 Å². The fraction of sp³-hybridized carbons (Fsp3) is 0.583. The van der Waals surface area contributed by atoms with E-state index in [0.29, 0.717) is 6.04 Å². The van der Waals surface area contributed by atoms with E-state index in [2.05, 4.69) is 40.6 Å². The van der Waals surface area contributed by atoms with Crippen molar-refractivity contribution >= 4 is 11.5 Å². The smallest absolute Gasteiger partial charge is 0.127 e. The molecular weight excluding hydrogens is 200 g/mol. The van der Waals surface area contributed by atoms with Gasteiger partial charge in [-0.25, -0.2) is 4.98 Å². The minimum absolute atomic E-state index is 0.571. The highest BCUT2D eigenvalue weighted by Gasteiger charge is 2.18. The lowest BCUT2D eigenvalue weighted by Crippen LogP contribution is -2.23. The van der Waals surface area contributed by atoms with Crippen LogP contribution in [0.4, 0.5) is 11.5 Å². The van der Waals surface area contributed by atoms with Crippen molar-refractivity contribution in [2.45, 2.75) is 19.4 Å². The summed E-state index contributed by atoms with van der Waals surface area (Å²) in [4.78, 5) is 6.61. The Balaban J connectivity index is 1.95. The van der Waals surface area contributed by atoms with Gasteiger partial charge in [0.05, 0.1) is 0 Å². The van der Waals surface area contributed by atoms with Crippen molar-refractivity contribution in [2.75, 3.05) is 37.3 Å². The van der Waals surface area contributed by atoms with Crippen LogP contribution in [0.25, 0.3) is 0 Å². The molecule has 0 spiro atoms. The molecule has 1 unspecified atom stereocenters. The molecular formula is C12H20N4. The average molecular weight is 220 g/mol. The Bertz CT molecular complexity index is 340. The van der Waals surface area contributed by atoms with E-state index in [-0.39, 0.29) is 0 Å². The van der Waals surface area contributed by atoms with E-state index < -0.39 is 0 Å². The maximum Gasteiger partial charge on any atom is 0.127 e. The van der Waals surface area contributed by atoms with E-state index >= 15 is 0 Å². The summed E-state index contributed by atoms with van der Waals surface area (Å²) in [5.74, 6) is 0.943. The molecule has 1 aliphatic rings. The topological polar surface area (TPSA) is 40.2 Å². The maximum atomic E-state index is 4.26. The number of hydrogen-bond donors (Lipinski definition) is 2. The minimum Gasteiger partial charge on any atom is -0.381 e. The molecule has 0 saturated carbocycles. The number of likely N-dealkylation sites (N-methyl/N-ethyl adjacent to an activating group) is 1. The summed E-state index contributed by atoms with van der Waals surface area (Å²) in [6.45, 7) is 5.29. The molecule has 1 aromatic rings. The lowest BCUT2D eigenvalue weighted by atomic mass is 10.2. The Morgan fingerprint density at radius 2 is 2.44 bits per heavy atom. The van der Waals surface area contributed by atoms with E-state index in [1.807, 2.05) is 12.3 Å². The second-order valence-electron chi connectivity index (χ2n) is 4.35. The van der Waals surface area contributed by atoms with Crippen LogP contribution in [0, 0.1) is 0 Å². The molecule has 16 heavy (non-hydrogen) atoms. The van der Waals surface area contributed by atoms with Gasteiger partial charge in [-0.3, -0.25) is 0 Å². The molecule has 0 amide bonds. The Kier molecular flexibility index (Phi) is 3.62.